The largest absolute Gasteiger partial charge is 0.493 e. The van der Waals surface area contributed by atoms with Crippen molar-refractivity contribution in [3.8, 4) is 5.75 Å². The highest BCUT2D eigenvalue weighted by Gasteiger charge is 2.35. The van der Waals surface area contributed by atoms with Gasteiger partial charge in [-0.05, 0) is 24.1 Å². The number of nitrogens with one attached hydrogen (secondary N) is 1. The second-order valence-electron chi connectivity index (χ2n) is 8.61. The van der Waals surface area contributed by atoms with Crippen molar-refractivity contribution in [3.05, 3.63) is 58.9 Å². The number of hydrogen-bond acceptors (Lipinski definition) is 4. The number of hydrogen-bond donors (Lipinski definition) is 1. The van der Waals surface area contributed by atoms with E-state index in [9.17, 15) is 18.0 Å². The molecule has 2 aromatic rings. The molecule has 0 saturated carbocycles. The third-order valence-electron chi connectivity index (χ3n) is 6.49. The first-order valence-electron chi connectivity index (χ1n) is 10.9. The Morgan fingerprint density at radius 3 is 2.84 bits per heavy atom. The molecule has 0 spiro atoms. The number of amides is 2. The Labute approximate surface area is 184 Å². The van der Waals surface area contributed by atoms with E-state index in [0.717, 1.165) is 36.4 Å². The van der Waals surface area contributed by atoms with Crippen LogP contribution in [0.2, 0.25) is 0 Å². The molecule has 2 atom stereocenters. The van der Waals surface area contributed by atoms with Crippen molar-refractivity contribution in [2.24, 2.45) is 0 Å². The van der Waals surface area contributed by atoms with Gasteiger partial charge in [0, 0.05) is 68.6 Å². The quantitative estimate of drug-likeness (QED) is 0.763. The zero-order chi connectivity index (χ0) is 22.3. The summed E-state index contributed by atoms with van der Waals surface area (Å²) in [6, 6.07) is 9.36. The van der Waals surface area contributed by atoms with E-state index in [-0.39, 0.29) is 24.7 Å². The van der Waals surface area contributed by atoms with Crippen molar-refractivity contribution in [1.29, 1.82) is 0 Å². The molecule has 1 aromatic carbocycles. The number of rotatable bonds is 2. The van der Waals surface area contributed by atoms with Gasteiger partial charge in [0.25, 0.3) is 0 Å². The number of carbonyl (C=O) groups excluding carboxylic acids is 1. The van der Waals surface area contributed by atoms with Crippen molar-refractivity contribution in [1.82, 2.24) is 20.1 Å². The molecular weight excluding hydrogens is 421 g/mol. The van der Waals surface area contributed by atoms with E-state index < -0.39 is 11.7 Å². The SMILES string of the molecule is O=C(N1CCc2ncc(C(F)(F)F)cc2C1)N1CCC(NC2CCOc3ccccc32)C1. The van der Waals surface area contributed by atoms with Crippen LogP contribution in [0.1, 0.15) is 41.3 Å². The van der Waals surface area contributed by atoms with Crippen LogP contribution in [0.3, 0.4) is 0 Å². The number of alkyl halides is 3. The molecule has 0 bridgehead atoms. The third kappa shape index (κ3) is 4.13. The van der Waals surface area contributed by atoms with Gasteiger partial charge in [0.15, 0.2) is 0 Å². The normalized spacial score (nSPS) is 22.8. The third-order valence-corrected chi connectivity index (χ3v) is 6.49. The van der Waals surface area contributed by atoms with Gasteiger partial charge in [0.05, 0.1) is 12.2 Å². The monoisotopic (exact) mass is 446 g/mol. The van der Waals surface area contributed by atoms with Crippen LogP contribution in [0.25, 0.3) is 0 Å². The molecule has 3 aliphatic heterocycles. The van der Waals surface area contributed by atoms with E-state index in [2.05, 4.69) is 16.4 Å². The Morgan fingerprint density at radius 2 is 2.00 bits per heavy atom. The number of likely N-dealkylation sites (tertiary alicyclic amines) is 1. The predicted molar refractivity (Wildman–Crippen MR) is 111 cm³/mol. The number of carbonyl (C=O) groups is 1. The fraction of sp³-hybridized carbons (Fsp3) is 0.478. The van der Waals surface area contributed by atoms with Crippen LogP contribution in [-0.4, -0.2) is 53.1 Å². The lowest BCUT2D eigenvalue weighted by molar-refractivity contribution is -0.137. The first kappa shape index (κ1) is 21.1. The molecule has 1 N–H and O–H groups in total. The fourth-order valence-electron chi connectivity index (χ4n) is 4.81. The molecule has 0 aliphatic carbocycles. The number of ether oxygens (including phenoxy) is 1. The van der Waals surface area contributed by atoms with Gasteiger partial charge in [0.2, 0.25) is 0 Å². The van der Waals surface area contributed by atoms with Crippen molar-refractivity contribution in [3.63, 3.8) is 0 Å². The molecule has 32 heavy (non-hydrogen) atoms. The summed E-state index contributed by atoms with van der Waals surface area (Å²) >= 11 is 0. The highest BCUT2D eigenvalue weighted by atomic mass is 19.4. The smallest absolute Gasteiger partial charge is 0.417 e. The predicted octanol–water partition coefficient (Wildman–Crippen LogP) is 3.77. The first-order chi connectivity index (χ1) is 15.4. The standard InChI is InChI=1S/C23H25F3N4O2/c24-23(25,26)16-11-15-13-29(9-6-19(15)27-12-16)22(31)30-8-5-17(14-30)28-20-7-10-32-21-4-2-1-3-18(20)21/h1-4,11-12,17,20,28H,5-10,13-14H2. The van der Waals surface area contributed by atoms with Crippen LogP contribution in [-0.2, 0) is 19.1 Å². The average Bonchev–Trinajstić information content (AvgIpc) is 3.26. The molecule has 170 valence electrons. The van der Waals surface area contributed by atoms with Crippen molar-refractivity contribution in [2.45, 2.75) is 44.1 Å². The molecule has 4 heterocycles. The van der Waals surface area contributed by atoms with Crippen molar-refractivity contribution >= 4 is 6.03 Å². The maximum Gasteiger partial charge on any atom is 0.417 e. The van der Waals surface area contributed by atoms with Gasteiger partial charge in [-0.3, -0.25) is 4.98 Å². The summed E-state index contributed by atoms with van der Waals surface area (Å²) in [6.45, 7) is 2.50. The molecule has 1 aromatic heterocycles. The summed E-state index contributed by atoms with van der Waals surface area (Å²) in [4.78, 5) is 20.5. The van der Waals surface area contributed by atoms with Crippen molar-refractivity contribution < 1.29 is 22.7 Å². The highest BCUT2D eigenvalue weighted by molar-refractivity contribution is 5.75. The lowest BCUT2D eigenvalue weighted by Gasteiger charge is -2.32. The topological polar surface area (TPSA) is 57.7 Å². The van der Waals surface area contributed by atoms with E-state index >= 15 is 0 Å². The lowest BCUT2D eigenvalue weighted by Crippen LogP contribution is -2.46. The minimum absolute atomic E-state index is 0.121. The second-order valence-corrected chi connectivity index (χ2v) is 8.61. The minimum Gasteiger partial charge on any atom is -0.493 e. The zero-order valence-corrected chi connectivity index (χ0v) is 17.6. The number of aromatic nitrogens is 1. The van der Waals surface area contributed by atoms with Crippen LogP contribution in [0.5, 0.6) is 5.75 Å². The van der Waals surface area contributed by atoms with E-state index in [1.165, 1.54) is 0 Å². The average molecular weight is 446 g/mol. The van der Waals surface area contributed by atoms with Gasteiger partial charge >= 0.3 is 12.2 Å². The van der Waals surface area contributed by atoms with Crippen molar-refractivity contribution in [2.75, 3.05) is 26.2 Å². The lowest BCUT2D eigenvalue weighted by atomic mass is 9.99. The van der Waals surface area contributed by atoms with Gasteiger partial charge in [-0.15, -0.1) is 0 Å². The second kappa shape index (κ2) is 8.27. The van der Waals surface area contributed by atoms with Gasteiger partial charge in [0.1, 0.15) is 5.75 Å². The maximum absolute atomic E-state index is 13.1. The Balaban J connectivity index is 1.22. The highest BCUT2D eigenvalue weighted by Crippen LogP contribution is 2.33. The molecular formula is C23H25F3N4O2. The van der Waals surface area contributed by atoms with E-state index in [4.69, 9.17) is 4.74 Å². The Hall–Kier alpha value is -2.81. The molecule has 5 rings (SSSR count). The zero-order valence-electron chi connectivity index (χ0n) is 17.6. The summed E-state index contributed by atoms with van der Waals surface area (Å²) in [6.07, 6.45) is -1.38. The maximum atomic E-state index is 13.1. The van der Waals surface area contributed by atoms with Gasteiger partial charge < -0.3 is 19.9 Å². The van der Waals surface area contributed by atoms with Gasteiger partial charge in [-0.1, -0.05) is 18.2 Å². The molecule has 9 heteroatoms. The number of para-hydroxylation sites is 1. The molecule has 2 amide bonds. The first-order valence-corrected chi connectivity index (χ1v) is 10.9. The van der Waals surface area contributed by atoms with Crippen LogP contribution >= 0.6 is 0 Å². The number of fused-ring (bicyclic) bond motifs is 2. The van der Waals surface area contributed by atoms with Crippen LogP contribution < -0.4 is 10.1 Å². The molecule has 6 nitrogen and oxygen atoms in total. The summed E-state index contributed by atoms with van der Waals surface area (Å²) in [5.74, 6) is 0.904. The van der Waals surface area contributed by atoms with E-state index in [1.54, 1.807) is 9.80 Å². The molecule has 2 unspecified atom stereocenters. The summed E-state index contributed by atoms with van der Waals surface area (Å²) in [5.41, 5.74) is 1.49. The number of benzene rings is 1. The van der Waals surface area contributed by atoms with Gasteiger partial charge in [-0.25, -0.2) is 4.79 Å². The molecule has 3 aliphatic rings. The Kier molecular flexibility index (Phi) is 5.44. The van der Waals surface area contributed by atoms with E-state index in [1.807, 2.05) is 18.2 Å². The van der Waals surface area contributed by atoms with Crippen LogP contribution in [0.15, 0.2) is 36.5 Å². The number of nitrogens with zero attached hydrogens (tertiary/aromatic N) is 3. The van der Waals surface area contributed by atoms with Gasteiger partial charge in [-0.2, -0.15) is 13.2 Å². The Morgan fingerprint density at radius 1 is 1.16 bits per heavy atom. The fourth-order valence-corrected chi connectivity index (χ4v) is 4.81. The van der Waals surface area contributed by atoms with E-state index in [0.29, 0.717) is 43.9 Å². The Bertz CT molecular complexity index is 1010. The molecule has 0 radical (unpaired) electrons. The number of urea groups is 1. The number of halogens is 3. The van der Waals surface area contributed by atoms with Crippen LogP contribution in [0.4, 0.5) is 18.0 Å². The molecule has 1 saturated heterocycles. The van der Waals surface area contributed by atoms with Crippen LogP contribution in [0, 0.1) is 0 Å². The minimum atomic E-state index is -4.44. The summed E-state index contributed by atoms with van der Waals surface area (Å²) in [7, 11) is 0. The summed E-state index contributed by atoms with van der Waals surface area (Å²) in [5, 5.41) is 3.67. The summed E-state index contributed by atoms with van der Waals surface area (Å²) < 4.78 is 44.9. The number of pyridine rings is 1. The molecule has 1 fully saturated rings.